The zero-order valence-electron chi connectivity index (χ0n) is 22.7. The summed E-state index contributed by atoms with van der Waals surface area (Å²) in [6.45, 7) is 5.09. The van der Waals surface area contributed by atoms with Gasteiger partial charge in [-0.15, -0.1) is 22.7 Å². The Morgan fingerprint density at radius 3 is 1.84 bits per heavy atom. The average Bonchev–Trinajstić information content (AvgIpc) is 3.46. The van der Waals surface area contributed by atoms with Crippen LogP contribution in [0.1, 0.15) is 127 Å². The van der Waals surface area contributed by atoms with Gasteiger partial charge in [0.05, 0.1) is 29.1 Å². The fourth-order valence-corrected chi connectivity index (χ4v) is 8.53. The Labute approximate surface area is 249 Å². The molecule has 1 unspecified atom stereocenters. The van der Waals surface area contributed by atoms with Crippen LogP contribution < -0.4 is 0 Å². The molecule has 1 atom stereocenters. The van der Waals surface area contributed by atoms with E-state index in [4.69, 9.17) is 4.74 Å². The highest BCUT2D eigenvalue weighted by Gasteiger charge is 2.20. The molecule has 0 fully saturated rings. The van der Waals surface area contributed by atoms with Gasteiger partial charge >= 0.3 is 5.97 Å². The van der Waals surface area contributed by atoms with Crippen LogP contribution in [0.2, 0.25) is 0 Å². The molecule has 0 aliphatic heterocycles. The summed E-state index contributed by atoms with van der Waals surface area (Å²) in [5, 5.41) is 2.10. The molecule has 0 N–H and O–H groups in total. The van der Waals surface area contributed by atoms with Crippen LogP contribution in [-0.2, 0) is 4.74 Å². The monoisotopic (exact) mass is 670 g/mol. The summed E-state index contributed by atoms with van der Waals surface area (Å²) in [6.07, 6.45) is 20.9. The number of halogens is 2. The number of benzene rings is 1. The SMILES string of the molecule is CCCCCCCCCCC(CCCCCCCC)COC(=O)c1cc2cc(Br)sc2c2sc(Br)cc12. The van der Waals surface area contributed by atoms with E-state index in [0.29, 0.717) is 18.1 Å². The molecule has 206 valence electrons. The summed E-state index contributed by atoms with van der Waals surface area (Å²) in [6, 6.07) is 6.19. The van der Waals surface area contributed by atoms with Gasteiger partial charge in [-0.05, 0) is 74.2 Å². The number of esters is 1. The highest BCUT2D eigenvalue weighted by atomic mass is 79.9. The van der Waals surface area contributed by atoms with Gasteiger partial charge < -0.3 is 4.74 Å². The zero-order chi connectivity index (χ0) is 26.5. The van der Waals surface area contributed by atoms with Crippen LogP contribution in [0.5, 0.6) is 0 Å². The van der Waals surface area contributed by atoms with Gasteiger partial charge in [-0.2, -0.15) is 0 Å². The van der Waals surface area contributed by atoms with E-state index in [-0.39, 0.29) is 5.97 Å². The lowest BCUT2D eigenvalue weighted by Gasteiger charge is -2.17. The summed E-state index contributed by atoms with van der Waals surface area (Å²) >= 11 is 10.7. The molecule has 37 heavy (non-hydrogen) atoms. The second-order valence-electron chi connectivity index (χ2n) is 10.5. The number of rotatable bonds is 19. The summed E-state index contributed by atoms with van der Waals surface area (Å²) in [4.78, 5) is 13.3. The summed E-state index contributed by atoms with van der Waals surface area (Å²) < 4.78 is 10.5. The van der Waals surface area contributed by atoms with Crippen molar-refractivity contribution in [3.63, 3.8) is 0 Å². The first-order valence-electron chi connectivity index (χ1n) is 14.5. The van der Waals surface area contributed by atoms with E-state index in [1.807, 2.05) is 6.07 Å². The lowest BCUT2D eigenvalue weighted by molar-refractivity contribution is 0.0424. The van der Waals surface area contributed by atoms with E-state index in [9.17, 15) is 4.79 Å². The topological polar surface area (TPSA) is 26.3 Å². The van der Waals surface area contributed by atoms with Crippen LogP contribution in [0.15, 0.2) is 25.8 Å². The minimum absolute atomic E-state index is 0.177. The van der Waals surface area contributed by atoms with E-state index in [0.717, 1.165) is 23.0 Å². The quantitative estimate of drug-likeness (QED) is 0.0936. The number of unbranched alkanes of at least 4 members (excludes halogenated alkanes) is 12. The van der Waals surface area contributed by atoms with Gasteiger partial charge in [0.15, 0.2) is 0 Å². The van der Waals surface area contributed by atoms with E-state index in [2.05, 4.69) is 57.8 Å². The molecule has 3 aromatic rings. The third kappa shape index (κ3) is 10.2. The maximum atomic E-state index is 13.3. The second-order valence-corrected chi connectivity index (χ2v) is 15.3. The molecule has 6 heteroatoms. The lowest BCUT2D eigenvalue weighted by atomic mass is 9.94. The van der Waals surface area contributed by atoms with Crippen molar-refractivity contribution in [3.8, 4) is 0 Å². The van der Waals surface area contributed by atoms with E-state index < -0.39 is 0 Å². The zero-order valence-corrected chi connectivity index (χ0v) is 27.5. The van der Waals surface area contributed by atoms with Gasteiger partial charge in [-0.3, -0.25) is 0 Å². The summed E-state index contributed by atoms with van der Waals surface area (Å²) in [5.41, 5.74) is 0.695. The molecule has 0 spiro atoms. The predicted octanol–water partition coefficient (Wildman–Crippen LogP) is 12.7. The van der Waals surface area contributed by atoms with Gasteiger partial charge in [-0.1, -0.05) is 104 Å². The van der Waals surface area contributed by atoms with Crippen molar-refractivity contribution < 1.29 is 9.53 Å². The number of thiophene rings is 2. The third-order valence-electron chi connectivity index (χ3n) is 7.33. The highest BCUT2D eigenvalue weighted by Crippen LogP contribution is 2.42. The van der Waals surface area contributed by atoms with Gasteiger partial charge in [0.2, 0.25) is 0 Å². The maximum absolute atomic E-state index is 13.3. The van der Waals surface area contributed by atoms with E-state index >= 15 is 0 Å². The molecule has 0 bridgehead atoms. The fourth-order valence-electron chi connectivity index (χ4n) is 5.15. The Bertz CT molecular complexity index is 1090. The number of carbonyl (C=O) groups is 1. The van der Waals surface area contributed by atoms with Gasteiger partial charge in [0.1, 0.15) is 0 Å². The van der Waals surface area contributed by atoms with Crippen molar-refractivity contribution >= 4 is 80.7 Å². The number of hydrogen-bond acceptors (Lipinski definition) is 4. The first kappa shape index (κ1) is 31.1. The van der Waals surface area contributed by atoms with Crippen LogP contribution in [0.3, 0.4) is 0 Å². The molecule has 0 aliphatic rings. The minimum atomic E-state index is -0.177. The van der Waals surface area contributed by atoms with Crippen LogP contribution in [0.25, 0.3) is 20.2 Å². The van der Waals surface area contributed by atoms with Crippen molar-refractivity contribution in [2.24, 2.45) is 5.92 Å². The Kier molecular flexibility index (Phi) is 14.5. The molecule has 2 heterocycles. The van der Waals surface area contributed by atoms with Gasteiger partial charge in [-0.25, -0.2) is 4.79 Å². The Morgan fingerprint density at radius 2 is 1.24 bits per heavy atom. The van der Waals surface area contributed by atoms with Crippen LogP contribution in [-0.4, -0.2) is 12.6 Å². The number of hydrogen-bond donors (Lipinski definition) is 0. The molecule has 2 nitrogen and oxygen atoms in total. The second kappa shape index (κ2) is 17.3. The Morgan fingerprint density at radius 1 is 0.730 bits per heavy atom. The lowest BCUT2D eigenvalue weighted by Crippen LogP contribution is -2.15. The van der Waals surface area contributed by atoms with Gasteiger partial charge in [0.25, 0.3) is 0 Å². The van der Waals surface area contributed by atoms with Crippen molar-refractivity contribution in [2.45, 2.75) is 117 Å². The Balaban J connectivity index is 1.56. The van der Waals surface area contributed by atoms with Crippen molar-refractivity contribution in [2.75, 3.05) is 6.61 Å². The van der Waals surface area contributed by atoms with Crippen molar-refractivity contribution in [1.82, 2.24) is 0 Å². The molecule has 0 saturated heterocycles. The first-order chi connectivity index (χ1) is 18.0. The van der Waals surface area contributed by atoms with Crippen molar-refractivity contribution in [1.29, 1.82) is 0 Å². The third-order valence-corrected chi connectivity index (χ3v) is 10.8. The van der Waals surface area contributed by atoms with Crippen LogP contribution >= 0.6 is 54.5 Å². The maximum Gasteiger partial charge on any atom is 0.338 e. The molecular formula is C31H44Br2O2S2. The molecule has 0 radical (unpaired) electrons. The van der Waals surface area contributed by atoms with Gasteiger partial charge in [0, 0.05) is 5.39 Å². The fraction of sp³-hybridized carbons (Fsp3) is 0.645. The molecular weight excluding hydrogens is 628 g/mol. The Hall–Kier alpha value is -0.430. The normalized spacial score (nSPS) is 12.5. The molecule has 2 aromatic heterocycles. The molecule has 0 amide bonds. The predicted molar refractivity (Wildman–Crippen MR) is 172 cm³/mol. The first-order valence-corrected chi connectivity index (χ1v) is 17.7. The van der Waals surface area contributed by atoms with E-state index in [1.165, 1.54) is 107 Å². The molecule has 3 rings (SSSR count). The molecule has 0 aliphatic carbocycles. The van der Waals surface area contributed by atoms with Crippen LogP contribution in [0, 0.1) is 5.92 Å². The number of carbonyl (C=O) groups excluding carboxylic acids is 1. The average molecular weight is 673 g/mol. The minimum Gasteiger partial charge on any atom is -0.462 e. The molecule has 0 saturated carbocycles. The summed E-state index contributed by atoms with van der Waals surface area (Å²) in [5.74, 6) is 0.294. The van der Waals surface area contributed by atoms with Crippen LogP contribution in [0.4, 0.5) is 0 Å². The smallest absolute Gasteiger partial charge is 0.338 e. The largest absolute Gasteiger partial charge is 0.462 e. The standard InChI is InChI=1S/C31H44Br2O2S2/c1-3-5-7-9-11-12-14-16-18-23(17-15-13-10-8-6-4-2)22-35-31(34)26-19-24-20-27(32)36-29(24)30-25(26)21-28(33)37-30/h19-21,23H,3-18,22H2,1-2H3. The van der Waals surface area contributed by atoms with E-state index in [1.54, 1.807) is 22.7 Å². The number of fused-ring (bicyclic) bond motifs is 3. The highest BCUT2D eigenvalue weighted by molar-refractivity contribution is 9.11. The van der Waals surface area contributed by atoms with Crippen molar-refractivity contribution in [3.05, 3.63) is 31.3 Å². The summed E-state index contributed by atoms with van der Waals surface area (Å²) in [7, 11) is 0. The molecule has 1 aromatic carbocycles. The number of ether oxygens (including phenoxy) is 1.